The van der Waals surface area contributed by atoms with Crippen molar-refractivity contribution in [1.29, 1.82) is 0 Å². The highest BCUT2D eigenvalue weighted by molar-refractivity contribution is 7.07. The van der Waals surface area contributed by atoms with Crippen LogP contribution in [0.25, 0.3) is 0 Å². The molecule has 2 rings (SSSR count). The number of nitrogens with two attached hydrogens (primary N) is 1. The Morgan fingerprint density at radius 3 is 2.94 bits per heavy atom. The number of carbonyl (C=O) groups is 1. The van der Waals surface area contributed by atoms with Gasteiger partial charge in [0, 0.05) is 12.6 Å². The third-order valence-corrected chi connectivity index (χ3v) is 4.40. The molecule has 1 aromatic heterocycles. The molecule has 1 amide bonds. The molecule has 1 aromatic rings. The molecule has 0 saturated heterocycles. The van der Waals surface area contributed by atoms with Gasteiger partial charge in [-0.2, -0.15) is 0 Å². The number of hydrogen-bond acceptors (Lipinski definition) is 5. The maximum absolute atomic E-state index is 12.4. The largest absolute Gasteiger partial charge is 0.335 e. The fourth-order valence-electron chi connectivity index (χ4n) is 2.81. The Kier molecular flexibility index (Phi) is 4.66. The second-order valence-corrected chi connectivity index (χ2v) is 5.51. The quantitative estimate of drug-likeness (QED) is 0.898. The fraction of sp³-hybridized carbons (Fsp3) is 0.750. The monoisotopic (exact) mass is 268 g/mol. The third-order valence-electron chi connectivity index (χ3n) is 3.75. The SMILES string of the molecule is CCN(C(=O)c1cnns1)C1CCCCC1CN. The lowest BCUT2D eigenvalue weighted by Gasteiger charge is -2.38. The lowest BCUT2D eigenvalue weighted by atomic mass is 9.83. The van der Waals surface area contributed by atoms with E-state index in [-0.39, 0.29) is 11.9 Å². The van der Waals surface area contributed by atoms with E-state index in [9.17, 15) is 4.79 Å². The minimum absolute atomic E-state index is 0.0536. The predicted octanol–water partition coefficient (Wildman–Crippen LogP) is 1.52. The van der Waals surface area contributed by atoms with Crippen LogP contribution in [0.1, 0.15) is 42.3 Å². The van der Waals surface area contributed by atoms with Gasteiger partial charge in [0.2, 0.25) is 0 Å². The molecule has 1 saturated carbocycles. The molecule has 0 bridgehead atoms. The maximum Gasteiger partial charge on any atom is 0.267 e. The maximum atomic E-state index is 12.4. The van der Waals surface area contributed by atoms with Crippen molar-refractivity contribution in [3.8, 4) is 0 Å². The Hall–Kier alpha value is -1.01. The molecule has 0 radical (unpaired) electrons. The number of hydrogen-bond donors (Lipinski definition) is 1. The van der Waals surface area contributed by atoms with Gasteiger partial charge in [-0.1, -0.05) is 17.3 Å². The molecular formula is C12H20N4OS. The van der Waals surface area contributed by atoms with Crippen molar-refractivity contribution in [2.24, 2.45) is 11.7 Å². The Balaban J connectivity index is 2.14. The van der Waals surface area contributed by atoms with Crippen LogP contribution in [0, 0.1) is 5.92 Å². The highest BCUT2D eigenvalue weighted by Crippen LogP contribution is 2.29. The van der Waals surface area contributed by atoms with Crippen molar-refractivity contribution in [3.05, 3.63) is 11.1 Å². The zero-order valence-electron chi connectivity index (χ0n) is 10.7. The first-order chi connectivity index (χ1) is 8.77. The third kappa shape index (κ3) is 2.70. The number of nitrogens with zero attached hydrogens (tertiary/aromatic N) is 3. The normalized spacial score (nSPS) is 23.9. The van der Waals surface area contributed by atoms with Gasteiger partial charge >= 0.3 is 0 Å². The van der Waals surface area contributed by atoms with Crippen LogP contribution in [0.2, 0.25) is 0 Å². The summed E-state index contributed by atoms with van der Waals surface area (Å²) in [6.07, 6.45) is 6.16. The van der Waals surface area contributed by atoms with Crippen LogP contribution in [-0.2, 0) is 0 Å². The van der Waals surface area contributed by atoms with Crippen LogP contribution in [0.4, 0.5) is 0 Å². The molecule has 6 heteroatoms. The van der Waals surface area contributed by atoms with Crippen molar-refractivity contribution < 1.29 is 4.79 Å². The van der Waals surface area contributed by atoms with Gasteiger partial charge in [0.05, 0.1) is 6.20 Å². The average Bonchev–Trinajstić information content (AvgIpc) is 2.94. The van der Waals surface area contributed by atoms with Crippen LogP contribution in [0.3, 0.4) is 0 Å². The zero-order valence-corrected chi connectivity index (χ0v) is 11.5. The summed E-state index contributed by atoms with van der Waals surface area (Å²) in [6, 6.07) is 0.281. The van der Waals surface area contributed by atoms with E-state index in [2.05, 4.69) is 9.59 Å². The molecule has 2 atom stereocenters. The molecule has 2 N–H and O–H groups in total. The number of aromatic nitrogens is 2. The first-order valence-corrected chi connectivity index (χ1v) is 7.33. The van der Waals surface area contributed by atoms with Gasteiger partial charge < -0.3 is 10.6 Å². The lowest BCUT2D eigenvalue weighted by molar-refractivity contribution is 0.0564. The van der Waals surface area contributed by atoms with Crippen LogP contribution >= 0.6 is 11.5 Å². The molecule has 1 aliphatic carbocycles. The highest BCUT2D eigenvalue weighted by Gasteiger charge is 2.32. The van der Waals surface area contributed by atoms with E-state index in [1.807, 2.05) is 11.8 Å². The van der Waals surface area contributed by atoms with Crippen molar-refractivity contribution in [1.82, 2.24) is 14.5 Å². The molecule has 1 aliphatic rings. The molecule has 5 nitrogen and oxygen atoms in total. The summed E-state index contributed by atoms with van der Waals surface area (Å²) in [4.78, 5) is 15.0. The Bertz CT molecular complexity index is 381. The molecule has 0 aromatic carbocycles. The molecule has 0 spiro atoms. The molecular weight excluding hydrogens is 248 g/mol. The van der Waals surface area contributed by atoms with Crippen molar-refractivity contribution in [2.75, 3.05) is 13.1 Å². The average molecular weight is 268 g/mol. The van der Waals surface area contributed by atoms with Crippen molar-refractivity contribution in [3.63, 3.8) is 0 Å². The first-order valence-electron chi connectivity index (χ1n) is 6.56. The van der Waals surface area contributed by atoms with E-state index in [0.29, 0.717) is 17.3 Å². The van der Waals surface area contributed by atoms with Crippen LogP contribution < -0.4 is 5.73 Å². The number of rotatable bonds is 4. The summed E-state index contributed by atoms with van der Waals surface area (Å²) in [5.74, 6) is 0.487. The summed E-state index contributed by atoms with van der Waals surface area (Å²) in [5, 5.41) is 3.74. The molecule has 0 aliphatic heterocycles. The Morgan fingerprint density at radius 1 is 1.56 bits per heavy atom. The molecule has 1 heterocycles. The van der Waals surface area contributed by atoms with Gasteiger partial charge in [0.1, 0.15) is 4.88 Å². The van der Waals surface area contributed by atoms with Gasteiger partial charge in [-0.25, -0.2) is 0 Å². The highest BCUT2D eigenvalue weighted by atomic mass is 32.1. The number of amides is 1. The summed E-state index contributed by atoms with van der Waals surface area (Å²) in [6.45, 7) is 3.40. The van der Waals surface area contributed by atoms with E-state index in [4.69, 9.17) is 5.73 Å². The Morgan fingerprint density at radius 2 is 2.33 bits per heavy atom. The van der Waals surface area contributed by atoms with E-state index < -0.39 is 0 Å². The van der Waals surface area contributed by atoms with Gasteiger partial charge in [-0.15, -0.1) is 5.10 Å². The Labute approximate surface area is 112 Å². The topological polar surface area (TPSA) is 72.1 Å². The van der Waals surface area contributed by atoms with Gasteiger partial charge in [0.15, 0.2) is 0 Å². The van der Waals surface area contributed by atoms with Crippen LogP contribution in [0.15, 0.2) is 6.20 Å². The smallest absolute Gasteiger partial charge is 0.267 e. The zero-order chi connectivity index (χ0) is 13.0. The summed E-state index contributed by atoms with van der Waals surface area (Å²) in [5.41, 5.74) is 5.84. The summed E-state index contributed by atoms with van der Waals surface area (Å²) in [7, 11) is 0. The van der Waals surface area contributed by atoms with Crippen LogP contribution in [-0.4, -0.2) is 39.5 Å². The second kappa shape index (κ2) is 6.24. The van der Waals surface area contributed by atoms with E-state index in [1.165, 1.54) is 12.8 Å². The van der Waals surface area contributed by atoms with Crippen LogP contribution in [0.5, 0.6) is 0 Å². The first kappa shape index (κ1) is 13.4. The van der Waals surface area contributed by atoms with E-state index in [1.54, 1.807) is 6.20 Å². The van der Waals surface area contributed by atoms with Gasteiger partial charge in [-0.05, 0) is 43.8 Å². The molecule has 100 valence electrons. The molecule has 18 heavy (non-hydrogen) atoms. The lowest BCUT2D eigenvalue weighted by Crippen LogP contribution is -2.47. The summed E-state index contributed by atoms with van der Waals surface area (Å²) < 4.78 is 3.76. The predicted molar refractivity (Wildman–Crippen MR) is 71.4 cm³/mol. The summed E-state index contributed by atoms with van der Waals surface area (Å²) >= 11 is 1.16. The minimum Gasteiger partial charge on any atom is -0.335 e. The molecule has 1 fully saturated rings. The van der Waals surface area contributed by atoms with E-state index >= 15 is 0 Å². The minimum atomic E-state index is 0.0536. The number of carbonyl (C=O) groups excluding carboxylic acids is 1. The standard InChI is InChI=1S/C12H20N4OS/c1-2-16(12(17)11-8-14-15-18-11)10-6-4-3-5-9(10)7-13/h8-10H,2-7,13H2,1H3. The van der Waals surface area contributed by atoms with Crippen molar-refractivity contribution in [2.45, 2.75) is 38.6 Å². The van der Waals surface area contributed by atoms with E-state index in [0.717, 1.165) is 30.9 Å². The molecule has 2 unspecified atom stereocenters. The van der Waals surface area contributed by atoms with Crippen molar-refractivity contribution >= 4 is 17.4 Å². The second-order valence-electron chi connectivity index (χ2n) is 4.72. The van der Waals surface area contributed by atoms with Gasteiger partial charge in [0.25, 0.3) is 5.91 Å². The van der Waals surface area contributed by atoms with Gasteiger partial charge in [-0.3, -0.25) is 4.79 Å². The fourth-order valence-corrected chi connectivity index (χ4v) is 3.28.